The van der Waals surface area contributed by atoms with Crippen LogP contribution in [-0.4, -0.2) is 24.5 Å². The van der Waals surface area contributed by atoms with E-state index < -0.39 is 0 Å². The summed E-state index contributed by atoms with van der Waals surface area (Å²) < 4.78 is 0. The maximum Gasteiger partial charge on any atom is 0.191 e. The van der Waals surface area contributed by atoms with Crippen LogP contribution in [-0.2, 0) is 12.0 Å². The number of aryl methyl sites for hydroxylation is 1. The highest BCUT2D eigenvalue weighted by atomic mass is 15.2. The quantitative estimate of drug-likeness (QED) is 0.648. The second kappa shape index (κ2) is 8.15. The van der Waals surface area contributed by atoms with Crippen molar-refractivity contribution in [3.8, 4) is 0 Å². The molecule has 1 heterocycles. The first-order valence-electron chi connectivity index (χ1n) is 9.14. The molecule has 0 spiro atoms. The molecule has 1 saturated carbocycles. The number of guanidine groups is 1. The van der Waals surface area contributed by atoms with Gasteiger partial charge in [-0.2, -0.15) is 0 Å². The topological polar surface area (TPSA) is 49.3 Å². The molecule has 2 aromatic rings. The van der Waals surface area contributed by atoms with Gasteiger partial charge >= 0.3 is 0 Å². The molecular formula is C21H28N4. The number of rotatable bonds is 5. The van der Waals surface area contributed by atoms with Gasteiger partial charge < -0.3 is 10.6 Å². The number of nitrogens with one attached hydrogen (secondary N) is 2. The van der Waals surface area contributed by atoms with Crippen molar-refractivity contribution in [1.82, 2.24) is 15.6 Å². The lowest BCUT2D eigenvalue weighted by Crippen LogP contribution is -2.44. The summed E-state index contributed by atoms with van der Waals surface area (Å²) in [6, 6.07) is 17.0. The number of hydrogen-bond acceptors (Lipinski definition) is 2. The number of aliphatic imine (C=N–C) groups is 1. The van der Waals surface area contributed by atoms with Crippen LogP contribution in [0.3, 0.4) is 0 Å². The Morgan fingerprint density at radius 3 is 2.48 bits per heavy atom. The molecule has 0 radical (unpaired) electrons. The van der Waals surface area contributed by atoms with Gasteiger partial charge in [-0.25, -0.2) is 0 Å². The van der Waals surface area contributed by atoms with Gasteiger partial charge in [0, 0.05) is 24.7 Å². The van der Waals surface area contributed by atoms with Crippen molar-refractivity contribution in [2.45, 2.75) is 44.6 Å². The van der Waals surface area contributed by atoms with Crippen LogP contribution in [0.1, 0.15) is 42.6 Å². The highest BCUT2D eigenvalue weighted by molar-refractivity contribution is 5.79. The number of benzene rings is 1. The fraction of sp³-hybridized carbons (Fsp3) is 0.429. The lowest BCUT2D eigenvalue weighted by atomic mass is 9.79. The fourth-order valence-electron chi connectivity index (χ4n) is 3.76. The standard InChI is InChI=1S/C21H28N4/c1-17-9-8-12-19(25-17)15-23-20(22-2)24-16-21(13-6-7-14-21)18-10-4-3-5-11-18/h3-5,8-12H,6-7,13-16H2,1-2H3,(H2,22,23,24). The lowest BCUT2D eigenvalue weighted by molar-refractivity contribution is 0.431. The smallest absolute Gasteiger partial charge is 0.191 e. The van der Waals surface area contributed by atoms with Crippen LogP contribution < -0.4 is 10.6 Å². The Bertz CT molecular complexity index is 703. The lowest BCUT2D eigenvalue weighted by Gasteiger charge is -2.30. The molecule has 4 heteroatoms. The van der Waals surface area contributed by atoms with E-state index in [1.54, 1.807) is 0 Å². The highest BCUT2D eigenvalue weighted by Gasteiger charge is 2.35. The van der Waals surface area contributed by atoms with E-state index in [2.05, 4.69) is 50.9 Å². The Morgan fingerprint density at radius 2 is 1.80 bits per heavy atom. The van der Waals surface area contributed by atoms with Crippen LogP contribution in [0.4, 0.5) is 0 Å². The van der Waals surface area contributed by atoms with E-state index in [9.17, 15) is 0 Å². The van der Waals surface area contributed by atoms with Gasteiger partial charge in [0.05, 0.1) is 12.2 Å². The molecule has 3 rings (SSSR count). The van der Waals surface area contributed by atoms with Crippen molar-refractivity contribution in [1.29, 1.82) is 0 Å². The summed E-state index contributed by atoms with van der Waals surface area (Å²) in [6.07, 6.45) is 5.08. The molecule has 0 bridgehead atoms. The molecule has 1 aliphatic rings. The molecule has 132 valence electrons. The zero-order chi connectivity index (χ0) is 17.5. The summed E-state index contributed by atoms with van der Waals surface area (Å²) in [7, 11) is 1.82. The van der Waals surface area contributed by atoms with Gasteiger partial charge in [0.1, 0.15) is 0 Å². The van der Waals surface area contributed by atoms with Gasteiger partial charge in [0.25, 0.3) is 0 Å². The van der Waals surface area contributed by atoms with Gasteiger partial charge in [0.15, 0.2) is 5.96 Å². The number of aromatic nitrogens is 1. The summed E-state index contributed by atoms with van der Waals surface area (Å²) in [4.78, 5) is 8.91. The highest BCUT2D eigenvalue weighted by Crippen LogP contribution is 2.40. The normalized spacial score (nSPS) is 16.6. The molecule has 0 atom stereocenters. The zero-order valence-corrected chi connectivity index (χ0v) is 15.3. The second-order valence-corrected chi connectivity index (χ2v) is 6.90. The maximum absolute atomic E-state index is 4.53. The largest absolute Gasteiger partial charge is 0.356 e. The minimum Gasteiger partial charge on any atom is -0.356 e. The first-order valence-corrected chi connectivity index (χ1v) is 9.14. The molecule has 25 heavy (non-hydrogen) atoms. The summed E-state index contributed by atoms with van der Waals surface area (Å²) in [5.74, 6) is 0.838. The monoisotopic (exact) mass is 336 g/mol. The van der Waals surface area contributed by atoms with E-state index in [0.29, 0.717) is 6.54 Å². The molecule has 0 unspecified atom stereocenters. The summed E-state index contributed by atoms with van der Waals surface area (Å²) in [5.41, 5.74) is 3.73. The minimum atomic E-state index is 0.223. The van der Waals surface area contributed by atoms with E-state index in [0.717, 1.165) is 23.9 Å². The fourth-order valence-corrected chi connectivity index (χ4v) is 3.76. The van der Waals surface area contributed by atoms with E-state index in [-0.39, 0.29) is 5.41 Å². The second-order valence-electron chi connectivity index (χ2n) is 6.90. The van der Waals surface area contributed by atoms with Gasteiger partial charge in [-0.3, -0.25) is 9.98 Å². The van der Waals surface area contributed by atoms with E-state index >= 15 is 0 Å². The van der Waals surface area contributed by atoms with Crippen LogP contribution in [0.2, 0.25) is 0 Å². The van der Waals surface area contributed by atoms with Gasteiger partial charge in [-0.05, 0) is 37.5 Å². The number of hydrogen-bond donors (Lipinski definition) is 2. The molecule has 1 fully saturated rings. The van der Waals surface area contributed by atoms with Gasteiger partial charge in [0.2, 0.25) is 0 Å². The molecule has 2 N–H and O–H groups in total. The van der Waals surface area contributed by atoms with Gasteiger partial charge in [-0.1, -0.05) is 49.2 Å². The molecule has 0 saturated heterocycles. The van der Waals surface area contributed by atoms with Crippen LogP contribution in [0, 0.1) is 6.92 Å². The van der Waals surface area contributed by atoms with Crippen molar-refractivity contribution < 1.29 is 0 Å². The van der Waals surface area contributed by atoms with Crippen LogP contribution in [0.25, 0.3) is 0 Å². The predicted octanol–water partition coefficient (Wildman–Crippen LogP) is 3.57. The molecule has 1 aliphatic carbocycles. The predicted molar refractivity (Wildman–Crippen MR) is 104 cm³/mol. The van der Waals surface area contributed by atoms with Crippen molar-refractivity contribution >= 4 is 5.96 Å². The Morgan fingerprint density at radius 1 is 1.04 bits per heavy atom. The Balaban J connectivity index is 1.61. The number of nitrogens with zero attached hydrogens (tertiary/aromatic N) is 2. The van der Waals surface area contributed by atoms with Crippen LogP contribution in [0.5, 0.6) is 0 Å². The third-order valence-corrected chi connectivity index (χ3v) is 5.15. The average molecular weight is 336 g/mol. The molecule has 0 amide bonds. The van der Waals surface area contributed by atoms with Crippen LogP contribution in [0.15, 0.2) is 53.5 Å². The van der Waals surface area contributed by atoms with E-state index in [1.807, 2.05) is 32.2 Å². The van der Waals surface area contributed by atoms with E-state index in [4.69, 9.17) is 0 Å². The van der Waals surface area contributed by atoms with Crippen molar-refractivity contribution in [3.05, 3.63) is 65.5 Å². The summed E-state index contributed by atoms with van der Waals surface area (Å²) in [6.45, 7) is 3.61. The Labute approximate surface area is 150 Å². The molecule has 1 aromatic heterocycles. The third kappa shape index (κ3) is 4.38. The first-order chi connectivity index (χ1) is 12.2. The Hall–Kier alpha value is -2.36. The number of pyridine rings is 1. The molecule has 0 aliphatic heterocycles. The maximum atomic E-state index is 4.53. The molecule has 1 aromatic carbocycles. The van der Waals surface area contributed by atoms with Crippen molar-refractivity contribution in [2.75, 3.05) is 13.6 Å². The van der Waals surface area contributed by atoms with Crippen LogP contribution >= 0.6 is 0 Å². The Kier molecular flexibility index (Phi) is 5.69. The summed E-state index contributed by atoms with van der Waals surface area (Å²) >= 11 is 0. The van der Waals surface area contributed by atoms with E-state index in [1.165, 1.54) is 31.2 Å². The third-order valence-electron chi connectivity index (χ3n) is 5.15. The zero-order valence-electron chi connectivity index (χ0n) is 15.3. The SMILES string of the molecule is CN=C(NCc1cccc(C)n1)NCC1(c2ccccc2)CCCC1. The minimum absolute atomic E-state index is 0.223. The molecular weight excluding hydrogens is 308 g/mol. The van der Waals surface area contributed by atoms with Gasteiger partial charge in [-0.15, -0.1) is 0 Å². The molecule has 4 nitrogen and oxygen atoms in total. The van der Waals surface area contributed by atoms with Crippen molar-refractivity contribution in [2.24, 2.45) is 4.99 Å². The summed E-state index contributed by atoms with van der Waals surface area (Å²) in [5, 5.41) is 6.93. The first kappa shape index (κ1) is 17.5. The average Bonchev–Trinajstić information content (AvgIpc) is 3.13. The van der Waals surface area contributed by atoms with Crippen molar-refractivity contribution in [3.63, 3.8) is 0 Å².